The van der Waals surface area contributed by atoms with Gasteiger partial charge >= 0.3 is 0 Å². The van der Waals surface area contributed by atoms with Crippen molar-refractivity contribution in [2.75, 3.05) is 17.7 Å². The monoisotopic (exact) mass is 248 g/mol. The van der Waals surface area contributed by atoms with Gasteiger partial charge in [-0.2, -0.15) is 0 Å². The molecule has 2 aromatic rings. The number of hydrogen-bond acceptors (Lipinski definition) is 6. The molecule has 96 valence electrons. The zero-order chi connectivity index (χ0) is 12.5. The molecule has 1 aromatic carbocycles. The topological polar surface area (TPSA) is 97.2 Å². The van der Waals surface area contributed by atoms with Crippen molar-refractivity contribution >= 4 is 22.4 Å². The summed E-state index contributed by atoms with van der Waals surface area (Å²) < 4.78 is 4.73. The minimum Gasteiger partial charge on any atom is -0.397 e. The Morgan fingerprint density at radius 1 is 1.33 bits per heavy atom. The van der Waals surface area contributed by atoms with Crippen molar-refractivity contribution in [3.8, 4) is 0 Å². The number of anilines is 2. The summed E-state index contributed by atoms with van der Waals surface area (Å²) in [6.45, 7) is 0.215. The first-order valence-corrected chi connectivity index (χ1v) is 6.17. The van der Waals surface area contributed by atoms with Crippen LogP contribution in [0.4, 0.5) is 11.4 Å². The summed E-state index contributed by atoms with van der Waals surface area (Å²) in [6.07, 6.45) is 3.25. The van der Waals surface area contributed by atoms with E-state index in [-0.39, 0.29) is 12.6 Å². The third kappa shape index (κ3) is 1.78. The maximum Gasteiger partial charge on any atom is 0.160 e. The molecule has 1 fully saturated rings. The minimum absolute atomic E-state index is 0.215. The molecule has 0 saturated heterocycles. The highest BCUT2D eigenvalue weighted by Gasteiger charge is 2.27. The average molecular weight is 248 g/mol. The number of aromatic nitrogens is 2. The van der Waals surface area contributed by atoms with Gasteiger partial charge in [0.05, 0.1) is 11.4 Å². The van der Waals surface area contributed by atoms with Crippen LogP contribution >= 0.6 is 0 Å². The summed E-state index contributed by atoms with van der Waals surface area (Å²) >= 11 is 0. The highest BCUT2D eigenvalue weighted by Crippen LogP contribution is 2.31. The molecule has 6 nitrogen and oxygen atoms in total. The van der Waals surface area contributed by atoms with Crippen molar-refractivity contribution in [3.05, 3.63) is 12.1 Å². The van der Waals surface area contributed by atoms with E-state index < -0.39 is 0 Å². The van der Waals surface area contributed by atoms with Crippen molar-refractivity contribution in [1.82, 2.24) is 10.3 Å². The first-order valence-electron chi connectivity index (χ1n) is 6.17. The molecule has 0 radical (unpaired) electrons. The average Bonchev–Trinajstić information content (AvgIpc) is 3.01. The quantitative estimate of drug-likeness (QED) is 0.710. The van der Waals surface area contributed by atoms with Gasteiger partial charge in [0.1, 0.15) is 0 Å². The summed E-state index contributed by atoms with van der Waals surface area (Å²) in [5, 5.41) is 20.4. The molecular formula is C12H16N4O2. The summed E-state index contributed by atoms with van der Waals surface area (Å²) in [7, 11) is 0. The molecule has 0 amide bonds. The number of nitrogens with two attached hydrogens (primary N) is 1. The van der Waals surface area contributed by atoms with Crippen molar-refractivity contribution in [1.29, 1.82) is 0 Å². The van der Waals surface area contributed by atoms with Gasteiger partial charge in [0.25, 0.3) is 0 Å². The number of hydrogen-bond donors (Lipinski definition) is 3. The van der Waals surface area contributed by atoms with E-state index in [1.807, 2.05) is 6.07 Å². The number of rotatable bonds is 3. The van der Waals surface area contributed by atoms with Gasteiger partial charge in [-0.1, -0.05) is 6.42 Å². The van der Waals surface area contributed by atoms with E-state index in [4.69, 9.17) is 10.4 Å². The van der Waals surface area contributed by atoms with Crippen LogP contribution in [0.1, 0.15) is 19.3 Å². The Morgan fingerprint density at radius 3 is 3.00 bits per heavy atom. The molecule has 0 bridgehead atoms. The van der Waals surface area contributed by atoms with Crippen molar-refractivity contribution < 1.29 is 9.74 Å². The molecule has 1 saturated carbocycles. The molecule has 1 aromatic heterocycles. The van der Waals surface area contributed by atoms with E-state index in [1.54, 1.807) is 6.07 Å². The lowest BCUT2D eigenvalue weighted by atomic mass is 10.0. The first-order chi connectivity index (χ1) is 8.79. The van der Waals surface area contributed by atoms with E-state index in [2.05, 4.69) is 15.6 Å². The number of nitrogens with one attached hydrogen (secondary N) is 1. The zero-order valence-electron chi connectivity index (χ0n) is 9.97. The zero-order valence-corrected chi connectivity index (χ0v) is 9.97. The van der Waals surface area contributed by atoms with Gasteiger partial charge < -0.3 is 16.2 Å². The van der Waals surface area contributed by atoms with E-state index in [1.165, 1.54) is 0 Å². The predicted octanol–water partition coefficient (Wildman–Crippen LogP) is 1.38. The number of aliphatic hydroxyl groups excluding tert-OH is 1. The van der Waals surface area contributed by atoms with Gasteiger partial charge in [0.2, 0.25) is 0 Å². The molecular weight excluding hydrogens is 232 g/mol. The first kappa shape index (κ1) is 11.3. The summed E-state index contributed by atoms with van der Waals surface area (Å²) in [5.74, 6) is 0.303. The lowest BCUT2D eigenvalue weighted by molar-refractivity contribution is 0.222. The highest BCUT2D eigenvalue weighted by atomic mass is 16.6. The fourth-order valence-electron chi connectivity index (χ4n) is 2.65. The van der Waals surface area contributed by atoms with Gasteiger partial charge in [-0.3, -0.25) is 0 Å². The normalized spacial score (nSPS) is 23.6. The Kier molecular flexibility index (Phi) is 2.79. The van der Waals surface area contributed by atoms with Crippen LogP contribution in [0.2, 0.25) is 0 Å². The Labute approximate surface area is 104 Å². The van der Waals surface area contributed by atoms with Gasteiger partial charge in [0, 0.05) is 18.6 Å². The van der Waals surface area contributed by atoms with Crippen molar-refractivity contribution in [2.24, 2.45) is 5.92 Å². The molecule has 3 rings (SSSR count). The third-order valence-corrected chi connectivity index (χ3v) is 3.68. The summed E-state index contributed by atoms with van der Waals surface area (Å²) in [4.78, 5) is 0. The Balaban J connectivity index is 1.91. The molecule has 0 spiro atoms. The van der Waals surface area contributed by atoms with Crippen LogP contribution < -0.4 is 11.1 Å². The van der Waals surface area contributed by atoms with Crippen LogP contribution in [0.5, 0.6) is 0 Å². The summed E-state index contributed by atoms with van der Waals surface area (Å²) in [5.41, 5.74) is 8.46. The fourth-order valence-corrected chi connectivity index (χ4v) is 2.65. The van der Waals surface area contributed by atoms with Gasteiger partial charge in [-0.15, -0.1) is 0 Å². The van der Waals surface area contributed by atoms with E-state index in [0.717, 1.165) is 24.9 Å². The molecule has 2 unspecified atom stereocenters. The van der Waals surface area contributed by atoms with E-state index in [0.29, 0.717) is 22.6 Å². The second kappa shape index (κ2) is 4.45. The number of nitrogens with zero attached hydrogens (tertiary/aromatic N) is 2. The molecule has 2 atom stereocenters. The Bertz CT molecular complexity index is 554. The number of benzene rings is 1. The van der Waals surface area contributed by atoms with Crippen LogP contribution in [0.25, 0.3) is 11.0 Å². The summed E-state index contributed by atoms with van der Waals surface area (Å²) in [6, 6.07) is 3.95. The van der Waals surface area contributed by atoms with Crippen LogP contribution in [0, 0.1) is 5.92 Å². The van der Waals surface area contributed by atoms with Crippen molar-refractivity contribution in [2.45, 2.75) is 25.3 Å². The molecule has 4 N–H and O–H groups in total. The number of nitrogen functional groups attached to an aromatic ring is 1. The molecule has 0 aliphatic heterocycles. The molecule has 18 heavy (non-hydrogen) atoms. The number of aliphatic hydroxyl groups is 1. The number of fused-ring (bicyclic) bond motifs is 1. The predicted molar refractivity (Wildman–Crippen MR) is 68.1 cm³/mol. The fraction of sp³-hybridized carbons (Fsp3) is 0.500. The molecule has 1 aliphatic rings. The van der Waals surface area contributed by atoms with Gasteiger partial charge in [0.15, 0.2) is 11.0 Å². The van der Waals surface area contributed by atoms with E-state index >= 15 is 0 Å². The molecule has 1 aliphatic carbocycles. The van der Waals surface area contributed by atoms with Crippen LogP contribution in [-0.4, -0.2) is 28.1 Å². The van der Waals surface area contributed by atoms with Crippen molar-refractivity contribution in [3.63, 3.8) is 0 Å². The maximum atomic E-state index is 9.33. The lowest BCUT2D eigenvalue weighted by Crippen LogP contribution is -2.26. The largest absolute Gasteiger partial charge is 0.397 e. The molecule has 6 heteroatoms. The Hall–Kier alpha value is -1.82. The van der Waals surface area contributed by atoms with Crippen LogP contribution in [-0.2, 0) is 0 Å². The van der Waals surface area contributed by atoms with E-state index in [9.17, 15) is 5.11 Å². The second-order valence-electron chi connectivity index (χ2n) is 4.79. The maximum absolute atomic E-state index is 9.33. The molecule has 1 heterocycles. The van der Waals surface area contributed by atoms with Gasteiger partial charge in [-0.25, -0.2) is 4.63 Å². The lowest BCUT2D eigenvalue weighted by Gasteiger charge is -2.20. The van der Waals surface area contributed by atoms with Crippen LogP contribution in [0.3, 0.4) is 0 Å². The SMILES string of the molecule is Nc1ccc(NC2CCCC2CO)c2nonc12. The standard InChI is InChI=1S/C12H16N4O2/c13-8-4-5-10(12-11(8)15-18-16-12)14-9-3-1-2-7(9)6-17/h4-5,7,9,14,17H,1-3,6,13H2. The third-order valence-electron chi connectivity index (χ3n) is 3.68. The van der Waals surface area contributed by atoms with Crippen LogP contribution in [0.15, 0.2) is 16.8 Å². The second-order valence-corrected chi connectivity index (χ2v) is 4.79. The Morgan fingerprint density at radius 2 is 2.17 bits per heavy atom. The van der Waals surface area contributed by atoms with Gasteiger partial charge in [-0.05, 0) is 35.3 Å². The highest BCUT2D eigenvalue weighted by molar-refractivity contribution is 5.95. The minimum atomic E-state index is 0.215. The smallest absolute Gasteiger partial charge is 0.160 e.